The van der Waals surface area contributed by atoms with Crippen LogP contribution in [0.25, 0.3) is 10.9 Å². The molecule has 1 aromatic carbocycles. The second-order valence-corrected chi connectivity index (χ2v) is 6.47. The Kier molecular flexibility index (Phi) is 5.41. The summed E-state index contributed by atoms with van der Waals surface area (Å²) in [5, 5.41) is 12.1. The predicted octanol–water partition coefficient (Wildman–Crippen LogP) is 0.697. The van der Waals surface area contributed by atoms with Crippen molar-refractivity contribution < 1.29 is 14.7 Å². The van der Waals surface area contributed by atoms with E-state index in [1.54, 1.807) is 38.1 Å². The van der Waals surface area contributed by atoms with Crippen molar-refractivity contribution in [3.05, 3.63) is 45.1 Å². The van der Waals surface area contributed by atoms with Crippen LogP contribution in [0.2, 0.25) is 0 Å². The highest BCUT2D eigenvalue weighted by Gasteiger charge is 2.26. The molecule has 134 valence electrons. The number of carboxylic acid groups (broad SMARTS) is 1. The zero-order valence-corrected chi connectivity index (χ0v) is 14.2. The van der Waals surface area contributed by atoms with Crippen LogP contribution < -0.4 is 16.6 Å². The van der Waals surface area contributed by atoms with Crippen molar-refractivity contribution in [1.29, 1.82) is 0 Å². The summed E-state index contributed by atoms with van der Waals surface area (Å²) in [6, 6.07) is 6.67. The standard InChI is InChI=1S/C17H21N3O5/c1-17(2,15(23)24)8-9-18-13(21)7-10-20-12-6-4-3-5-11(12)14(22)19-16(20)25/h3-6H,7-10H2,1-2H3,(H,18,21)(H,23,24)(H,19,22,25). The molecule has 8 heteroatoms. The lowest BCUT2D eigenvalue weighted by Gasteiger charge is -2.19. The van der Waals surface area contributed by atoms with Gasteiger partial charge in [0.05, 0.1) is 16.3 Å². The van der Waals surface area contributed by atoms with Crippen molar-refractivity contribution in [2.24, 2.45) is 5.41 Å². The number of aromatic amines is 1. The number of amides is 1. The Morgan fingerprint density at radius 3 is 2.60 bits per heavy atom. The van der Waals surface area contributed by atoms with Gasteiger partial charge in [0.25, 0.3) is 5.56 Å². The highest BCUT2D eigenvalue weighted by Crippen LogP contribution is 2.19. The van der Waals surface area contributed by atoms with E-state index < -0.39 is 22.6 Å². The van der Waals surface area contributed by atoms with E-state index in [-0.39, 0.29) is 25.4 Å². The fraction of sp³-hybridized carbons (Fsp3) is 0.412. The summed E-state index contributed by atoms with van der Waals surface area (Å²) in [6.07, 6.45) is 0.346. The molecular weight excluding hydrogens is 326 g/mol. The molecule has 0 bridgehead atoms. The first-order chi connectivity index (χ1) is 11.7. The molecule has 0 aliphatic rings. The molecule has 1 amide bonds. The van der Waals surface area contributed by atoms with E-state index in [0.717, 1.165) is 0 Å². The second kappa shape index (κ2) is 7.33. The molecular formula is C17H21N3O5. The van der Waals surface area contributed by atoms with Gasteiger partial charge in [0, 0.05) is 19.5 Å². The molecule has 0 fully saturated rings. The smallest absolute Gasteiger partial charge is 0.328 e. The van der Waals surface area contributed by atoms with E-state index in [0.29, 0.717) is 17.3 Å². The third-order valence-electron chi connectivity index (χ3n) is 4.12. The molecule has 2 rings (SSSR count). The lowest BCUT2D eigenvalue weighted by molar-refractivity contribution is -0.147. The maximum atomic E-state index is 12.0. The molecule has 1 heterocycles. The first kappa shape index (κ1) is 18.4. The van der Waals surface area contributed by atoms with Crippen molar-refractivity contribution in [1.82, 2.24) is 14.9 Å². The number of benzene rings is 1. The molecule has 0 radical (unpaired) electrons. The normalized spacial score (nSPS) is 11.4. The Balaban J connectivity index is 2.01. The number of carbonyl (C=O) groups excluding carboxylic acids is 1. The van der Waals surface area contributed by atoms with Gasteiger partial charge in [-0.25, -0.2) is 4.79 Å². The molecule has 0 aliphatic carbocycles. The molecule has 3 N–H and O–H groups in total. The molecule has 0 unspecified atom stereocenters. The lowest BCUT2D eigenvalue weighted by atomic mass is 9.90. The van der Waals surface area contributed by atoms with Crippen molar-refractivity contribution in [3.63, 3.8) is 0 Å². The molecule has 25 heavy (non-hydrogen) atoms. The van der Waals surface area contributed by atoms with Crippen molar-refractivity contribution in [2.75, 3.05) is 6.54 Å². The number of carbonyl (C=O) groups is 2. The molecule has 2 aromatic rings. The fourth-order valence-corrected chi connectivity index (χ4v) is 2.39. The van der Waals surface area contributed by atoms with Gasteiger partial charge in [-0.15, -0.1) is 0 Å². The average molecular weight is 347 g/mol. The van der Waals surface area contributed by atoms with Crippen LogP contribution in [0.5, 0.6) is 0 Å². The summed E-state index contributed by atoms with van der Waals surface area (Å²) in [6.45, 7) is 3.53. The molecule has 1 aromatic heterocycles. The van der Waals surface area contributed by atoms with Gasteiger partial charge in [-0.05, 0) is 32.4 Å². The van der Waals surface area contributed by atoms with Crippen molar-refractivity contribution in [3.8, 4) is 0 Å². The van der Waals surface area contributed by atoms with Crippen LogP contribution in [0.15, 0.2) is 33.9 Å². The first-order valence-electron chi connectivity index (χ1n) is 7.94. The number of H-pyrrole nitrogens is 1. The van der Waals surface area contributed by atoms with Crippen molar-refractivity contribution >= 4 is 22.8 Å². The molecule has 8 nitrogen and oxygen atoms in total. The monoisotopic (exact) mass is 347 g/mol. The predicted molar refractivity (Wildman–Crippen MR) is 92.5 cm³/mol. The van der Waals surface area contributed by atoms with Gasteiger partial charge in [0.15, 0.2) is 0 Å². The van der Waals surface area contributed by atoms with E-state index in [1.807, 2.05) is 0 Å². The maximum Gasteiger partial charge on any atom is 0.328 e. The fourth-order valence-electron chi connectivity index (χ4n) is 2.39. The van der Waals surface area contributed by atoms with Gasteiger partial charge >= 0.3 is 11.7 Å². The summed E-state index contributed by atoms with van der Waals surface area (Å²) >= 11 is 0. The zero-order valence-electron chi connectivity index (χ0n) is 14.2. The third kappa shape index (κ3) is 4.34. The van der Waals surface area contributed by atoms with E-state index in [1.165, 1.54) is 4.57 Å². The number of carboxylic acids is 1. The summed E-state index contributed by atoms with van der Waals surface area (Å²) in [5.41, 5.74) is -1.48. The average Bonchev–Trinajstić information content (AvgIpc) is 2.54. The molecule has 0 saturated heterocycles. The van der Waals surface area contributed by atoms with Gasteiger partial charge in [0.1, 0.15) is 0 Å². The van der Waals surface area contributed by atoms with Gasteiger partial charge in [0.2, 0.25) is 5.91 Å². The van der Waals surface area contributed by atoms with Crippen LogP contribution in [0.4, 0.5) is 0 Å². The number of hydrogen-bond donors (Lipinski definition) is 3. The number of nitrogens with zero attached hydrogens (tertiary/aromatic N) is 1. The van der Waals surface area contributed by atoms with Crippen LogP contribution in [0.3, 0.4) is 0 Å². The van der Waals surface area contributed by atoms with Gasteiger partial charge in [-0.3, -0.25) is 23.9 Å². The zero-order chi connectivity index (χ0) is 18.6. The number of fused-ring (bicyclic) bond motifs is 1. The summed E-state index contributed by atoms with van der Waals surface area (Å²) in [5.74, 6) is -1.21. The number of para-hydroxylation sites is 1. The second-order valence-electron chi connectivity index (χ2n) is 6.47. The number of aliphatic carboxylic acids is 1. The third-order valence-corrected chi connectivity index (χ3v) is 4.12. The maximum absolute atomic E-state index is 12.0. The number of rotatable bonds is 7. The minimum absolute atomic E-state index is 0.0451. The lowest BCUT2D eigenvalue weighted by Crippen LogP contribution is -2.34. The minimum Gasteiger partial charge on any atom is -0.481 e. The molecule has 0 spiro atoms. The Morgan fingerprint density at radius 1 is 1.24 bits per heavy atom. The van der Waals surface area contributed by atoms with E-state index >= 15 is 0 Å². The quantitative estimate of drug-likeness (QED) is 0.680. The molecule has 0 aliphatic heterocycles. The van der Waals surface area contributed by atoms with Crippen molar-refractivity contribution in [2.45, 2.75) is 33.2 Å². The highest BCUT2D eigenvalue weighted by molar-refractivity contribution is 5.79. The number of aromatic nitrogens is 2. The van der Waals surface area contributed by atoms with Crippen LogP contribution in [0, 0.1) is 5.41 Å². The van der Waals surface area contributed by atoms with Crippen LogP contribution in [-0.4, -0.2) is 33.1 Å². The largest absolute Gasteiger partial charge is 0.481 e. The Labute approximate surface area is 143 Å². The van der Waals surface area contributed by atoms with E-state index in [2.05, 4.69) is 10.3 Å². The molecule has 0 atom stereocenters. The Morgan fingerprint density at radius 2 is 1.92 bits per heavy atom. The minimum atomic E-state index is -0.923. The van der Waals surface area contributed by atoms with E-state index in [9.17, 15) is 19.2 Å². The van der Waals surface area contributed by atoms with Gasteiger partial charge < -0.3 is 10.4 Å². The Hall–Kier alpha value is -2.90. The van der Waals surface area contributed by atoms with Gasteiger partial charge in [-0.1, -0.05) is 12.1 Å². The summed E-state index contributed by atoms with van der Waals surface area (Å²) in [7, 11) is 0. The van der Waals surface area contributed by atoms with Crippen LogP contribution in [-0.2, 0) is 16.1 Å². The number of nitrogens with one attached hydrogen (secondary N) is 2. The number of hydrogen-bond acceptors (Lipinski definition) is 4. The van der Waals surface area contributed by atoms with Crippen LogP contribution in [0.1, 0.15) is 26.7 Å². The first-order valence-corrected chi connectivity index (χ1v) is 7.94. The SMILES string of the molecule is CC(C)(CCNC(=O)CCn1c(=O)[nH]c(=O)c2ccccc21)C(=O)O. The Bertz CT molecular complexity index is 910. The topological polar surface area (TPSA) is 121 Å². The number of aryl methyl sites for hydroxylation is 1. The summed E-state index contributed by atoms with van der Waals surface area (Å²) < 4.78 is 1.34. The van der Waals surface area contributed by atoms with Crippen LogP contribution >= 0.6 is 0 Å². The highest BCUT2D eigenvalue weighted by atomic mass is 16.4. The summed E-state index contributed by atoms with van der Waals surface area (Å²) in [4.78, 5) is 49.0. The van der Waals surface area contributed by atoms with Gasteiger partial charge in [-0.2, -0.15) is 0 Å². The molecule has 0 saturated carbocycles. The van der Waals surface area contributed by atoms with E-state index in [4.69, 9.17) is 5.11 Å².